The molecule has 114 valence electrons. The number of aromatic nitrogens is 4. The molecule has 2 aromatic rings. The van der Waals surface area contributed by atoms with Crippen LogP contribution in [0.15, 0.2) is 21.5 Å². The number of nitrogens with zero attached hydrogens (tertiary/aromatic N) is 5. The topological polar surface area (TPSA) is 56.0 Å². The van der Waals surface area contributed by atoms with Crippen LogP contribution >= 0.6 is 15.9 Å². The number of hydrogen-bond donors (Lipinski definition) is 0. The molecule has 0 spiro atoms. The Balaban J connectivity index is 2.33. The minimum atomic E-state index is -0.112. The Bertz CT molecular complexity index is 691. The zero-order valence-electron chi connectivity index (χ0n) is 12.8. The second kappa shape index (κ2) is 6.43. The van der Waals surface area contributed by atoms with Gasteiger partial charge in [-0.15, -0.1) is 0 Å². The van der Waals surface area contributed by atoms with Gasteiger partial charge in [-0.3, -0.25) is 9.48 Å². The zero-order chi connectivity index (χ0) is 15.6. The summed E-state index contributed by atoms with van der Waals surface area (Å²) in [6.45, 7) is 5.32. The van der Waals surface area contributed by atoms with Gasteiger partial charge in [-0.2, -0.15) is 10.2 Å². The van der Waals surface area contributed by atoms with E-state index < -0.39 is 0 Å². The van der Waals surface area contributed by atoms with Crippen LogP contribution in [0.1, 0.15) is 25.2 Å². The van der Waals surface area contributed by atoms with Crippen LogP contribution in [-0.4, -0.2) is 33.2 Å². The molecule has 0 aliphatic rings. The van der Waals surface area contributed by atoms with Crippen molar-refractivity contribution in [3.05, 3.63) is 38.5 Å². The number of anilines is 1. The van der Waals surface area contributed by atoms with Crippen molar-refractivity contribution < 1.29 is 0 Å². The van der Waals surface area contributed by atoms with E-state index in [-0.39, 0.29) is 5.56 Å². The minimum Gasteiger partial charge on any atom is -0.373 e. The van der Waals surface area contributed by atoms with Gasteiger partial charge in [0.05, 0.1) is 34.3 Å². The van der Waals surface area contributed by atoms with Gasteiger partial charge in [0.1, 0.15) is 0 Å². The highest BCUT2D eigenvalue weighted by Gasteiger charge is 2.14. The molecule has 0 saturated heterocycles. The van der Waals surface area contributed by atoms with Crippen LogP contribution in [0.5, 0.6) is 0 Å². The van der Waals surface area contributed by atoms with E-state index in [1.54, 1.807) is 16.9 Å². The van der Waals surface area contributed by atoms with Gasteiger partial charge < -0.3 is 4.90 Å². The first-order valence-electron chi connectivity index (χ1n) is 6.96. The molecule has 6 nitrogen and oxygen atoms in total. The van der Waals surface area contributed by atoms with Crippen molar-refractivity contribution in [1.29, 1.82) is 0 Å². The molecule has 0 aromatic carbocycles. The highest BCUT2D eigenvalue weighted by molar-refractivity contribution is 9.10. The van der Waals surface area contributed by atoms with Crippen LogP contribution in [-0.2, 0) is 20.0 Å². The fraction of sp³-hybridized carbons (Fsp3) is 0.500. The fourth-order valence-corrected chi connectivity index (χ4v) is 2.81. The van der Waals surface area contributed by atoms with Crippen LogP contribution < -0.4 is 10.5 Å². The predicted octanol–water partition coefficient (Wildman–Crippen LogP) is 1.81. The van der Waals surface area contributed by atoms with E-state index in [2.05, 4.69) is 33.1 Å². The Hall–Kier alpha value is -1.63. The molecule has 7 heteroatoms. The molecule has 21 heavy (non-hydrogen) atoms. The molecule has 0 aliphatic heterocycles. The lowest BCUT2D eigenvalue weighted by Gasteiger charge is -2.16. The van der Waals surface area contributed by atoms with Crippen LogP contribution in [0.4, 0.5) is 5.69 Å². The van der Waals surface area contributed by atoms with Crippen LogP contribution in [0.3, 0.4) is 0 Å². The van der Waals surface area contributed by atoms with Crippen molar-refractivity contribution in [2.75, 3.05) is 18.5 Å². The molecule has 2 aromatic heterocycles. The standard InChI is InChI=1S/C14H20BrN5O/c1-5-11-14(15)12(19(4)17-11)9-20-13(21)7-10(8-16-20)18(3)6-2/h7-8H,5-6,9H2,1-4H3. The smallest absolute Gasteiger partial charge is 0.269 e. The van der Waals surface area contributed by atoms with Gasteiger partial charge in [0.15, 0.2) is 0 Å². The number of halogens is 1. The minimum absolute atomic E-state index is 0.112. The van der Waals surface area contributed by atoms with Gasteiger partial charge >= 0.3 is 0 Å². The van der Waals surface area contributed by atoms with Crippen LogP contribution in [0.25, 0.3) is 0 Å². The Labute approximate surface area is 132 Å². The highest BCUT2D eigenvalue weighted by Crippen LogP contribution is 2.21. The third-order valence-corrected chi connectivity index (χ3v) is 4.49. The monoisotopic (exact) mass is 353 g/mol. The molecular weight excluding hydrogens is 334 g/mol. The summed E-state index contributed by atoms with van der Waals surface area (Å²) < 4.78 is 4.20. The third-order valence-electron chi connectivity index (χ3n) is 3.57. The lowest BCUT2D eigenvalue weighted by atomic mass is 10.3. The summed E-state index contributed by atoms with van der Waals surface area (Å²) in [5, 5.41) is 8.69. The van der Waals surface area contributed by atoms with Gasteiger partial charge in [-0.05, 0) is 29.3 Å². The predicted molar refractivity (Wildman–Crippen MR) is 86.8 cm³/mol. The maximum Gasteiger partial charge on any atom is 0.269 e. The van der Waals surface area contributed by atoms with E-state index in [0.717, 1.165) is 34.5 Å². The van der Waals surface area contributed by atoms with E-state index in [0.29, 0.717) is 6.54 Å². The average Bonchev–Trinajstić information content (AvgIpc) is 2.75. The molecule has 2 heterocycles. The SMILES string of the molecule is CCc1nn(C)c(Cn2ncc(N(C)CC)cc2=O)c1Br. The highest BCUT2D eigenvalue weighted by atomic mass is 79.9. The summed E-state index contributed by atoms with van der Waals surface area (Å²) in [6.07, 6.45) is 2.56. The summed E-state index contributed by atoms with van der Waals surface area (Å²) in [5.74, 6) is 0. The summed E-state index contributed by atoms with van der Waals surface area (Å²) in [5.41, 5.74) is 2.65. The fourth-order valence-electron chi connectivity index (χ4n) is 2.07. The first kappa shape index (κ1) is 15.8. The van der Waals surface area contributed by atoms with Crippen molar-refractivity contribution in [1.82, 2.24) is 19.6 Å². The van der Waals surface area contributed by atoms with Gasteiger partial charge in [0.2, 0.25) is 0 Å². The third kappa shape index (κ3) is 3.18. The summed E-state index contributed by atoms with van der Waals surface area (Å²) in [4.78, 5) is 14.2. The van der Waals surface area contributed by atoms with Crippen LogP contribution in [0.2, 0.25) is 0 Å². The van der Waals surface area contributed by atoms with Crippen molar-refractivity contribution >= 4 is 21.6 Å². The van der Waals surface area contributed by atoms with Gasteiger partial charge in [0, 0.05) is 26.7 Å². The lowest BCUT2D eigenvalue weighted by molar-refractivity contribution is 0.588. The molecule has 0 saturated carbocycles. The number of rotatable bonds is 5. The van der Waals surface area contributed by atoms with Gasteiger partial charge in [-0.1, -0.05) is 6.92 Å². The lowest BCUT2D eigenvalue weighted by Crippen LogP contribution is -2.26. The molecule has 0 aliphatic carbocycles. The molecule has 0 fully saturated rings. The summed E-state index contributed by atoms with van der Waals surface area (Å²) >= 11 is 3.56. The van der Waals surface area contributed by atoms with Crippen LogP contribution in [0, 0.1) is 0 Å². The largest absolute Gasteiger partial charge is 0.373 e. The number of aryl methyl sites for hydroxylation is 2. The van der Waals surface area contributed by atoms with E-state index in [4.69, 9.17) is 0 Å². The Kier molecular flexibility index (Phi) is 4.82. The van der Waals surface area contributed by atoms with E-state index in [1.165, 1.54) is 4.68 Å². The summed E-state index contributed by atoms with van der Waals surface area (Å²) in [6, 6.07) is 1.61. The zero-order valence-corrected chi connectivity index (χ0v) is 14.4. The normalized spacial score (nSPS) is 10.9. The number of hydrogen-bond acceptors (Lipinski definition) is 4. The molecule has 2 rings (SSSR count). The maximum absolute atomic E-state index is 12.2. The Morgan fingerprint density at radius 1 is 1.38 bits per heavy atom. The van der Waals surface area contributed by atoms with Crippen molar-refractivity contribution in [2.45, 2.75) is 26.8 Å². The van der Waals surface area contributed by atoms with Crippen molar-refractivity contribution in [3.63, 3.8) is 0 Å². The molecular formula is C14H20BrN5O. The maximum atomic E-state index is 12.2. The first-order valence-corrected chi connectivity index (χ1v) is 7.75. The molecule has 0 bridgehead atoms. The quantitative estimate of drug-likeness (QED) is 0.822. The first-order chi connectivity index (χ1) is 9.97. The molecule has 0 radical (unpaired) electrons. The molecule has 0 amide bonds. The van der Waals surface area contributed by atoms with E-state index in [1.807, 2.05) is 25.9 Å². The summed E-state index contributed by atoms with van der Waals surface area (Å²) in [7, 11) is 3.82. The molecule has 0 unspecified atom stereocenters. The van der Waals surface area contributed by atoms with Crippen molar-refractivity contribution in [3.8, 4) is 0 Å². The second-order valence-corrected chi connectivity index (χ2v) is 5.70. The van der Waals surface area contributed by atoms with E-state index in [9.17, 15) is 4.79 Å². The van der Waals surface area contributed by atoms with Crippen molar-refractivity contribution in [2.24, 2.45) is 7.05 Å². The molecule has 0 N–H and O–H groups in total. The Morgan fingerprint density at radius 3 is 2.62 bits per heavy atom. The average molecular weight is 354 g/mol. The van der Waals surface area contributed by atoms with Gasteiger partial charge in [0.25, 0.3) is 5.56 Å². The van der Waals surface area contributed by atoms with E-state index >= 15 is 0 Å². The Morgan fingerprint density at radius 2 is 2.10 bits per heavy atom. The molecule has 0 atom stereocenters. The van der Waals surface area contributed by atoms with Gasteiger partial charge in [-0.25, -0.2) is 4.68 Å². The second-order valence-electron chi connectivity index (χ2n) is 4.91.